The van der Waals surface area contributed by atoms with Crippen molar-refractivity contribution in [2.24, 2.45) is 5.90 Å². The Labute approximate surface area is 248 Å². The van der Waals surface area contributed by atoms with Gasteiger partial charge in [0.05, 0.1) is 0 Å². The molecule has 1 atom stereocenters. The van der Waals surface area contributed by atoms with Crippen LogP contribution in [0.2, 0.25) is 0 Å². The van der Waals surface area contributed by atoms with Gasteiger partial charge in [0.2, 0.25) is 0 Å². The van der Waals surface area contributed by atoms with E-state index in [1.165, 1.54) is 14.8 Å². The topological polar surface area (TPSA) is 46.2 Å². The molecule has 3 N–H and O–H groups in total. The summed E-state index contributed by atoms with van der Waals surface area (Å²) in [6, 6.07) is 0. The molecule has 0 saturated heterocycles. The summed E-state index contributed by atoms with van der Waals surface area (Å²) >= 11 is 2.44. The molecule has 0 aliphatic rings. The first-order valence-electron chi connectivity index (χ1n) is 1.67. The van der Waals surface area contributed by atoms with Gasteiger partial charge in [-0.05, 0) is 6.66 Å². The van der Waals surface area contributed by atoms with Crippen LogP contribution in [0, 0.1) is 0 Å². The molecule has 0 aromatic carbocycles. The Morgan fingerprint density at radius 3 is 0.833 bits per heavy atom. The van der Waals surface area contributed by atoms with Crippen molar-refractivity contribution < 1.29 is 204 Å². The molecule has 0 amide bonds. The minimum Gasteiger partial charge on any atom is -0.320 e. The van der Waals surface area contributed by atoms with Crippen LogP contribution in [0.1, 0.15) is 0 Å². The van der Waals surface area contributed by atoms with E-state index in [2.05, 4.69) is 35.3 Å². The second-order valence-corrected chi connectivity index (χ2v) is 3.42. The molecule has 108 valence electrons. The molecule has 0 aliphatic carbocycles. The van der Waals surface area contributed by atoms with Gasteiger partial charge in [-0.15, -0.1) is 8.20 Å². The van der Waals surface area contributed by atoms with Gasteiger partial charge in [0.25, 0.3) is 0 Å². The summed E-state index contributed by atoms with van der Waals surface area (Å²) in [4.78, 5) is 0. The van der Waals surface area contributed by atoms with Crippen molar-refractivity contribution in [2.45, 2.75) is 0 Å². The molecule has 0 aromatic rings. The van der Waals surface area contributed by atoms with Crippen LogP contribution >= 0.6 is 24.7 Å². The number of hydrogen-bond donors (Lipinski definition) is 2. The summed E-state index contributed by atoms with van der Waals surface area (Å²) in [5.74, 6) is 3.50. The number of nitrogens with two attached hydrogens (primary N) is 1. The van der Waals surface area contributed by atoms with Gasteiger partial charge in [-0.2, -0.15) is 9.90 Å². The van der Waals surface area contributed by atoms with Gasteiger partial charge in [0, 0.05) is 182 Å². The van der Waals surface area contributed by atoms with E-state index in [-0.39, 0.29) is 192 Å². The van der Waals surface area contributed by atoms with Crippen molar-refractivity contribution in [3.8, 4) is 0 Å². The summed E-state index contributed by atoms with van der Waals surface area (Å²) in [7, 11) is 1.17. The van der Waals surface area contributed by atoms with Crippen LogP contribution in [0.5, 0.6) is 0 Å². The van der Waals surface area contributed by atoms with E-state index in [9.17, 15) is 0 Å². The average molecular weight is 1480 g/mol. The fourth-order valence-electron chi connectivity index (χ4n) is 0. The van der Waals surface area contributed by atoms with Crippen LogP contribution in [-0.2, 0) is 199 Å². The van der Waals surface area contributed by atoms with Crippen LogP contribution in [0.3, 0.4) is 0 Å². The van der Waals surface area contributed by atoms with E-state index >= 15 is 0 Å². The maximum atomic E-state index is 6.50. The molecular formula is C3H14NOP3V4W6. The van der Waals surface area contributed by atoms with Gasteiger partial charge in [-0.3, -0.25) is 0 Å². The zero-order valence-electron chi connectivity index (χ0n) is 9.57. The minimum absolute atomic E-state index is 0. The van der Waals surface area contributed by atoms with Gasteiger partial charge in [0.1, 0.15) is 0 Å². The predicted octanol–water partition coefficient (Wildman–Crippen LogP) is 1.39. The monoisotopic (exact) mass is 1480 g/mol. The van der Waals surface area contributed by atoms with Crippen LogP contribution in [0.25, 0.3) is 0 Å². The van der Waals surface area contributed by atoms with E-state index in [1.54, 1.807) is 0 Å². The molecule has 18 heavy (non-hydrogen) atoms. The van der Waals surface area contributed by atoms with Crippen molar-refractivity contribution in [3.63, 3.8) is 0 Å². The van der Waals surface area contributed by atoms with E-state index in [4.69, 9.17) is 5.21 Å². The molecule has 0 spiro atoms. The Kier molecular flexibility index (Phi) is 838. The van der Waals surface area contributed by atoms with Gasteiger partial charge in [-0.25, -0.2) is 5.90 Å². The zero-order chi connectivity index (χ0) is 7.41. The van der Waals surface area contributed by atoms with Gasteiger partial charge in [-0.1, -0.05) is 6.30 Å². The molecule has 0 aliphatic heterocycles. The molecule has 0 rings (SSSR count). The second kappa shape index (κ2) is 153. The summed E-state index contributed by atoms with van der Waals surface area (Å²) in [5, 5.41) is 6.50. The maximum absolute atomic E-state index is 6.50. The molecule has 0 bridgehead atoms. The van der Waals surface area contributed by atoms with Gasteiger partial charge >= 0.3 is 29.7 Å². The standard InChI is InChI=1S/C2H5P.CH3P.H3NO.H3P.4V.6W/c1-3-2;2*1-2;;;;;;;;;;;/h1H2,2H3;1H3;2H,1H2;1H3;;;;;;;;;;. The van der Waals surface area contributed by atoms with Crippen molar-refractivity contribution in [1.29, 1.82) is 0 Å². The van der Waals surface area contributed by atoms with E-state index in [0.29, 0.717) is 0 Å². The van der Waals surface area contributed by atoms with Crippen LogP contribution in [0.15, 0.2) is 0 Å². The van der Waals surface area contributed by atoms with Crippen LogP contribution < -0.4 is 5.90 Å². The maximum Gasteiger partial charge on any atom is 0 e. The molecule has 0 heterocycles. The molecule has 2 nitrogen and oxygen atoms in total. The third-order valence-electron chi connectivity index (χ3n) is 0. The SMILES string of the molecule is C=PC.C[P]=[V].NO.P.[V].[V].[V].[W].[W].[W].[W].[W].[W]. The zero-order valence-corrected chi connectivity index (χ0v) is 36.0. The van der Waals surface area contributed by atoms with Crippen molar-refractivity contribution >= 4 is 31.0 Å². The Hall–Kier alpha value is 7.29. The third-order valence-corrected chi connectivity index (χ3v) is 0. The Bertz CT molecular complexity index is 63.1. The molecule has 15 heteroatoms. The largest absolute Gasteiger partial charge is 0.320 e. The normalized spacial score (nSPS) is 2.61. The van der Waals surface area contributed by atoms with Crippen molar-refractivity contribution in [1.82, 2.24) is 0 Å². The first-order chi connectivity index (χ1) is 3.83. The van der Waals surface area contributed by atoms with Gasteiger partial charge < -0.3 is 5.21 Å². The van der Waals surface area contributed by atoms with Crippen LogP contribution in [-0.4, -0.2) is 24.8 Å². The van der Waals surface area contributed by atoms with E-state index in [0.717, 1.165) is 0 Å². The molecule has 0 fully saturated rings. The third kappa shape index (κ3) is 218. The number of hydrogen-bond acceptors (Lipinski definition) is 2. The number of rotatable bonds is 0. The first-order valence-corrected chi connectivity index (χ1v) is 6.36. The summed E-state index contributed by atoms with van der Waals surface area (Å²) in [6.07, 6.45) is 3.46. The Balaban J connectivity index is -0.00000000150. The smallest absolute Gasteiger partial charge is 0 e. The summed E-state index contributed by atoms with van der Waals surface area (Å²) in [6.45, 7) is 5.41. The summed E-state index contributed by atoms with van der Waals surface area (Å²) in [5.41, 5.74) is 0. The molecule has 1 unspecified atom stereocenters. The fraction of sp³-hybridized carbons (Fsp3) is 0.667. The second-order valence-electron chi connectivity index (χ2n) is 0.516. The quantitative estimate of drug-likeness (QED) is 0.285. The summed E-state index contributed by atoms with van der Waals surface area (Å²) < 4.78 is 0. The van der Waals surface area contributed by atoms with Crippen LogP contribution in [0.4, 0.5) is 0 Å². The Morgan fingerprint density at radius 2 is 0.833 bits per heavy atom. The fourth-order valence-corrected chi connectivity index (χ4v) is 0. The first kappa shape index (κ1) is 98.8. The molecule has 0 saturated carbocycles. The average Bonchev–Trinajstić information content (AvgIpc) is 1.75. The van der Waals surface area contributed by atoms with Gasteiger partial charge in [0.15, 0.2) is 0 Å². The Morgan fingerprint density at radius 1 is 0.833 bits per heavy atom. The predicted molar refractivity (Wildman–Crippen MR) is 49.9 cm³/mol. The van der Waals surface area contributed by atoms with Crippen molar-refractivity contribution in [3.05, 3.63) is 0 Å². The minimum atomic E-state index is 0. The van der Waals surface area contributed by atoms with E-state index < -0.39 is 0 Å². The van der Waals surface area contributed by atoms with E-state index in [1.807, 2.05) is 6.66 Å². The molecule has 0 aromatic heterocycles. The molecular weight excluding hydrogens is 1470 g/mol. The van der Waals surface area contributed by atoms with Crippen molar-refractivity contribution in [2.75, 3.05) is 13.3 Å². The molecule has 3 radical (unpaired) electrons.